The van der Waals surface area contributed by atoms with E-state index in [0.29, 0.717) is 5.92 Å². The van der Waals surface area contributed by atoms with Crippen LogP contribution >= 0.6 is 0 Å². The molecule has 7 nitrogen and oxygen atoms in total. The summed E-state index contributed by atoms with van der Waals surface area (Å²) in [7, 11) is 1.69. The number of nitrogens with zero attached hydrogens (tertiary/aromatic N) is 5. The van der Waals surface area contributed by atoms with Crippen LogP contribution in [0.2, 0.25) is 0 Å². The molecule has 0 N–H and O–H groups in total. The van der Waals surface area contributed by atoms with E-state index in [1.807, 2.05) is 42.0 Å². The molecule has 0 bridgehead atoms. The minimum absolute atomic E-state index is 0.0470. The van der Waals surface area contributed by atoms with Gasteiger partial charge in [-0.2, -0.15) is 5.10 Å². The van der Waals surface area contributed by atoms with Crippen LogP contribution in [0.5, 0.6) is 5.75 Å². The molecule has 4 heterocycles. The first kappa shape index (κ1) is 21.9. The zero-order valence-electron chi connectivity index (χ0n) is 20.0. The second-order valence-electron chi connectivity index (χ2n) is 9.80. The van der Waals surface area contributed by atoms with Crippen LogP contribution in [0.3, 0.4) is 0 Å². The highest BCUT2D eigenvalue weighted by Crippen LogP contribution is 2.39. The van der Waals surface area contributed by atoms with Crippen molar-refractivity contribution in [2.24, 2.45) is 0 Å². The number of fused-ring (bicyclic) bond motifs is 1. The van der Waals surface area contributed by atoms with E-state index in [4.69, 9.17) is 19.6 Å². The Morgan fingerprint density at radius 1 is 1.18 bits per heavy atom. The topological polar surface area (TPSA) is 67.0 Å². The van der Waals surface area contributed by atoms with Gasteiger partial charge in [0.1, 0.15) is 11.6 Å². The van der Waals surface area contributed by atoms with Gasteiger partial charge in [-0.25, -0.2) is 14.6 Å². The van der Waals surface area contributed by atoms with E-state index in [2.05, 4.69) is 29.6 Å². The molecule has 0 aliphatic carbocycles. The predicted molar refractivity (Wildman–Crippen MR) is 129 cm³/mol. The number of hydrogen-bond donors (Lipinski definition) is 0. The normalized spacial score (nSPS) is 22.4. The molecule has 3 aromatic rings. The average molecular weight is 448 g/mol. The monoisotopic (exact) mass is 447 g/mol. The lowest BCUT2D eigenvalue weighted by Crippen LogP contribution is -2.40. The third kappa shape index (κ3) is 4.60. The molecule has 33 heavy (non-hydrogen) atoms. The van der Waals surface area contributed by atoms with Crippen molar-refractivity contribution in [2.45, 2.75) is 77.0 Å². The molecule has 1 fully saturated rings. The van der Waals surface area contributed by atoms with Crippen LogP contribution in [-0.4, -0.2) is 43.1 Å². The van der Waals surface area contributed by atoms with E-state index >= 15 is 0 Å². The lowest BCUT2D eigenvalue weighted by molar-refractivity contribution is -0.119. The van der Waals surface area contributed by atoms with Gasteiger partial charge in [0.2, 0.25) is 0 Å². The highest BCUT2D eigenvalue weighted by Gasteiger charge is 2.37. The fourth-order valence-electron chi connectivity index (χ4n) is 5.10. The summed E-state index contributed by atoms with van der Waals surface area (Å²) < 4.78 is 16.2. The number of aromatic nitrogens is 5. The molecule has 174 valence electrons. The lowest BCUT2D eigenvalue weighted by atomic mass is 9.85. The molecule has 7 heteroatoms. The zero-order valence-corrected chi connectivity index (χ0v) is 20.0. The van der Waals surface area contributed by atoms with Gasteiger partial charge in [0.25, 0.3) is 0 Å². The van der Waals surface area contributed by atoms with Crippen molar-refractivity contribution in [3.63, 3.8) is 0 Å². The summed E-state index contributed by atoms with van der Waals surface area (Å²) in [6.45, 7) is 7.31. The smallest absolute Gasteiger partial charge is 0.174 e. The van der Waals surface area contributed by atoms with E-state index < -0.39 is 0 Å². The van der Waals surface area contributed by atoms with Gasteiger partial charge in [-0.05, 0) is 76.6 Å². The number of benzene rings is 1. The number of ether oxygens (including phenoxy) is 2. The van der Waals surface area contributed by atoms with Gasteiger partial charge in [0.05, 0.1) is 36.5 Å². The number of imidazole rings is 1. The van der Waals surface area contributed by atoms with E-state index in [-0.39, 0.29) is 11.7 Å². The molecule has 2 atom stereocenters. The maximum absolute atomic E-state index is 6.46. The van der Waals surface area contributed by atoms with Gasteiger partial charge in [0.15, 0.2) is 5.82 Å². The van der Waals surface area contributed by atoms with Crippen molar-refractivity contribution >= 4 is 12.2 Å². The first-order valence-electron chi connectivity index (χ1n) is 11.9. The summed E-state index contributed by atoms with van der Waals surface area (Å²) in [6.07, 6.45) is 13.7. The van der Waals surface area contributed by atoms with Crippen LogP contribution in [0, 0.1) is 6.92 Å². The summed E-state index contributed by atoms with van der Waals surface area (Å²) >= 11 is 0. The van der Waals surface area contributed by atoms with E-state index in [1.54, 1.807) is 13.4 Å². The van der Waals surface area contributed by atoms with Gasteiger partial charge in [-0.15, -0.1) is 0 Å². The molecule has 5 rings (SSSR count). The van der Waals surface area contributed by atoms with Crippen molar-refractivity contribution in [3.8, 4) is 11.4 Å². The highest BCUT2D eigenvalue weighted by molar-refractivity contribution is 5.69. The van der Waals surface area contributed by atoms with Crippen LogP contribution in [0.1, 0.15) is 74.8 Å². The van der Waals surface area contributed by atoms with Crippen LogP contribution in [0.15, 0.2) is 30.7 Å². The van der Waals surface area contributed by atoms with Crippen LogP contribution in [0.25, 0.3) is 17.8 Å². The van der Waals surface area contributed by atoms with Gasteiger partial charge < -0.3 is 14.0 Å². The third-order valence-corrected chi connectivity index (χ3v) is 6.74. The molecule has 2 aliphatic rings. The first-order valence-corrected chi connectivity index (χ1v) is 11.9. The van der Waals surface area contributed by atoms with Crippen molar-refractivity contribution in [2.75, 3.05) is 7.11 Å². The van der Waals surface area contributed by atoms with Gasteiger partial charge in [-0.1, -0.05) is 12.1 Å². The summed E-state index contributed by atoms with van der Waals surface area (Å²) in [4.78, 5) is 9.23. The van der Waals surface area contributed by atoms with Gasteiger partial charge in [0, 0.05) is 18.7 Å². The van der Waals surface area contributed by atoms with Crippen molar-refractivity contribution in [3.05, 3.63) is 53.6 Å². The minimum Gasteiger partial charge on any atom is -0.495 e. The third-order valence-electron chi connectivity index (χ3n) is 6.74. The SMILES string of the molecule is COc1cc(/C=C/c2nc3n(n2)CCC[C@H]3[C@@H]2CCCC(C)(C)O2)ccc1-n1cnc(C)c1. The Hall–Kier alpha value is -2.93. The average Bonchev–Trinajstić information content (AvgIpc) is 3.42. The Balaban J connectivity index is 1.36. The maximum Gasteiger partial charge on any atom is 0.174 e. The molecular weight excluding hydrogens is 414 g/mol. The maximum atomic E-state index is 6.46. The van der Waals surface area contributed by atoms with Crippen molar-refractivity contribution in [1.82, 2.24) is 24.3 Å². The predicted octanol–water partition coefficient (Wildman–Crippen LogP) is 5.18. The molecule has 1 aromatic carbocycles. The Labute approximate surface area is 195 Å². The summed E-state index contributed by atoms with van der Waals surface area (Å²) in [6, 6.07) is 6.14. The molecule has 0 spiro atoms. The van der Waals surface area contributed by atoms with Crippen LogP contribution < -0.4 is 4.74 Å². The summed E-state index contributed by atoms with van der Waals surface area (Å²) in [5.74, 6) is 2.95. The fraction of sp³-hybridized carbons (Fsp3) is 0.500. The quantitative estimate of drug-likeness (QED) is 0.539. The molecule has 1 saturated heterocycles. The molecule has 2 aliphatic heterocycles. The van der Waals surface area contributed by atoms with Gasteiger partial charge >= 0.3 is 0 Å². The zero-order chi connectivity index (χ0) is 23.0. The summed E-state index contributed by atoms with van der Waals surface area (Å²) in [5.41, 5.74) is 2.92. The molecule has 0 radical (unpaired) electrons. The van der Waals surface area contributed by atoms with Crippen molar-refractivity contribution in [1.29, 1.82) is 0 Å². The largest absolute Gasteiger partial charge is 0.495 e. The molecule has 0 unspecified atom stereocenters. The van der Waals surface area contributed by atoms with Crippen LogP contribution in [-0.2, 0) is 11.3 Å². The molecular formula is C26H33N5O2. The minimum atomic E-state index is -0.0470. The Morgan fingerprint density at radius 3 is 2.82 bits per heavy atom. The fourth-order valence-corrected chi connectivity index (χ4v) is 5.10. The number of methoxy groups -OCH3 is 1. The van der Waals surface area contributed by atoms with Gasteiger partial charge in [-0.3, -0.25) is 0 Å². The van der Waals surface area contributed by atoms with Crippen LogP contribution in [0.4, 0.5) is 0 Å². The number of aryl methyl sites for hydroxylation is 2. The Kier molecular flexibility index (Phi) is 5.83. The Bertz CT molecular complexity index is 1160. The molecule has 0 amide bonds. The standard InChI is InChI=1S/C26H33N5O2/c1-18-16-30(17-27-18)21-11-9-19(15-23(21)32-4)10-12-24-28-25-20(7-6-14-31(25)29-24)22-8-5-13-26(2,3)33-22/h9-12,15-17,20,22H,5-8,13-14H2,1-4H3/b12-10+/t20-,22-/m0/s1. The second kappa shape index (κ2) is 8.78. The Morgan fingerprint density at radius 2 is 2.06 bits per heavy atom. The molecule has 2 aromatic heterocycles. The van der Waals surface area contributed by atoms with E-state index in [9.17, 15) is 0 Å². The number of hydrogen-bond acceptors (Lipinski definition) is 5. The van der Waals surface area contributed by atoms with E-state index in [1.165, 1.54) is 6.42 Å². The van der Waals surface area contributed by atoms with Crippen molar-refractivity contribution < 1.29 is 9.47 Å². The lowest BCUT2D eigenvalue weighted by Gasteiger charge is -2.40. The second-order valence-corrected chi connectivity index (χ2v) is 9.80. The van der Waals surface area contributed by atoms with E-state index in [0.717, 1.165) is 66.6 Å². The first-order chi connectivity index (χ1) is 15.9. The number of rotatable bonds is 5. The molecule has 0 saturated carbocycles. The highest BCUT2D eigenvalue weighted by atomic mass is 16.5. The summed E-state index contributed by atoms with van der Waals surface area (Å²) in [5, 5.41) is 4.78.